The highest BCUT2D eigenvalue weighted by Gasteiger charge is 2.35. The highest BCUT2D eigenvalue weighted by atomic mass is 32.1. The SMILES string of the molecule is CC1(C)c2ccccc2-c2ccc(-n3c4ccccc4c4cc(-c5ccc(-c6ccc(/C=C(\C#N)C(=O)O)s6)s5)ccc43)cc21. The molecule has 0 spiro atoms. The molecular formula is C39H26N2O2S2. The molecule has 0 saturated carbocycles. The number of carboxylic acids is 1. The summed E-state index contributed by atoms with van der Waals surface area (Å²) in [6.45, 7) is 4.64. The molecule has 1 aliphatic carbocycles. The van der Waals surface area contributed by atoms with Gasteiger partial charge in [-0.3, -0.25) is 0 Å². The van der Waals surface area contributed by atoms with E-state index >= 15 is 0 Å². The number of carboxylic acid groups (broad SMARTS) is 1. The number of fused-ring (bicyclic) bond motifs is 6. The Labute approximate surface area is 268 Å². The number of nitriles is 1. The molecule has 3 heterocycles. The normalized spacial score (nSPS) is 13.6. The van der Waals surface area contributed by atoms with Crippen LogP contribution in [0.3, 0.4) is 0 Å². The molecule has 0 atom stereocenters. The summed E-state index contributed by atoms with van der Waals surface area (Å²) in [7, 11) is 0. The Balaban J connectivity index is 1.20. The van der Waals surface area contributed by atoms with Gasteiger partial charge in [-0.05, 0) is 88.5 Å². The first-order valence-corrected chi connectivity index (χ1v) is 16.3. The van der Waals surface area contributed by atoms with E-state index in [2.05, 4.69) is 115 Å². The summed E-state index contributed by atoms with van der Waals surface area (Å²) in [6, 6.07) is 40.9. The van der Waals surface area contributed by atoms with E-state index in [1.165, 1.54) is 61.5 Å². The minimum atomic E-state index is -1.21. The first-order valence-electron chi connectivity index (χ1n) is 14.7. The maximum Gasteiger partial charge on any atom is 0.346 e. The first kappa shape index (κ1) is 27.3. The third kappa shape index (κ3) is 4.27. The molecule has 45 heavy (non-hydrogen) atoms. The average molecular weight is 619 g/mol. The van der Waals surface area contributed by atoms with Crippen LogP contribution in [0.15, 0.2) is 115 Å². The number of aliphatic carboxylic acids is 1. The summed E-state index contributed by atoms with van der Waals surface area (Å²) < 4.78 is 2.39. The van der Waals surface area contributed by atoms with Crippen LogP contribution in [0.5, 0.6) is 0 Å². The number of rotatable bonds is 5. The van der Waals surface area contributed by atoms with Crippen molar-refractivity contribution >= 4 is 56.5 Å². The minimum Gasteiger partial charge on any atom is -0.477 e. The smallest absolute Gasteiger partial charge is 0.346 e. The molecule has 0 unspecified atom stereocenters. The van der Waals surface area contributed by atoms with Crippen molar-refractivity contribution in [2.45, 2.75) is 19.3 Å². The fourth-order valence-electron chi connectivity index (χ4n) is 6.71. The Hall–Kier alpha value is -5.22. The summed E-state index contributed by atoms with van der Waals surface area (Å²) in [6.07, 6.45) is 1.43. The number of carbonyl (C=O) groups is 1. The van der Waals surface area contributed by atoms with Crippen LogP contribution in [0.1, 0.15) is 29.9 Å². The highest BCUT2D eigenvalue weighted by Crippen LogP contribution is 2.49. The molecule has 0 radical (unpaired) electrons. The van der Waals surface area contributed by atoms with Gasteiger partial charge in [-0.25, -0.2) is 4.79 Å². The first-order chi connectivity index (χ1) is 21.8. The third-order valence-electron chi connectivity index (χ3n) is 8.90. The van der Waals surface area contributed by atoms with Gasteiger partial charge in [0.2, 0.25) is 0 Å². The van der Waals surface area contributed by atoms with Crippen LogP contribution in [0.4, 0.5) is 0 Å². The van der Waals surface area contributed by atoms with Crippen molar-refractivity contribution in [3.05, 3.63) is 131 Å². The largest absolute Gasteiger partial charge is 0.477 e. The summed E-state index contributed by atoms with van der Waals surface area (Å²) in [4.78, 5) is 15.3. The second-order valence-electron chi connectivity index (χ2n) is 11.8. The van der Waals surface area contributed by atoms with Gasteiger partial charge in [0, 0.05) is 41.4 Å². The number of hydrogen-bond donors (Lipinski definition) is 1. The highest BCUT2D eigenvalue weighted by molar-refractivity contribution is 7.24. The van der Waals surface area contributed by atoms with Crippen LogP contribution < -0.4 is 0 Å². The van der Waals surface area contributed by atoms with Crippen molar-refractivity contribution in [2.75, 3.05) is 0 Å². The lowest BCUT2D eigenvalue weighted by molar-refractivity contribution is -0.132. The van der Waals surface area contributed by atoms with Crippen molar-refractivity contribution in [1.29, 1.82) is 5.26 Å². The molecule has 0 aliphatic heterocycles. The third-order valence-corrected chi connectivity index (χ3v) is 11.3. The molecular weight excluding hydrogens is 593 g/mol. The Morgan fingerprint density at radius 3 is 2.31 bits per heavy atom. The zero-order chi connectivity index (χ0) is 30.9. The molecule has 0 bridgehead atoms. The molecule has 1 N–H and O–H groups in total. The molecule has 3 aromatic heterocycles. The Kier molecular flexibility index (Phi) is 6.18. The Morgan fingerprint density at radius 1 is 0.756 bits per heavy atom. The van der Waals surface area contributed by atoms with Crippen LogP contribution in [0.2, 0.25) is 0 Å². The maximum absolute atomic E-state index is 11.3. The fraction of sp³-hybridized carbons (Fsp3) is 0.0769. The topological polar surface area (TPSA) is 66.0 Å². The van der Waals surface area contributed by atoms with Crippen molar-refractivity contribution < 1.29 is 9.90 Å². The van der Waals surface area contributed by atoms with E-state index in [1.807, 2.05) is 12.1 Å². The quantitative estimate of drug-likeness (QED) is 0.154. The molecule has 8 rings (SSSR count). The van der Waals surface area contributed by atoms with Crippen molar-refractivity contribution in [3.8, 4) is 43.1 Å². The maximum atomic E-state index is 11.3. The molecule has 0 fully saturated rings. The predicted molar refractivity (Wildman–Crippen MR) is 186 cm³/mol. The van der Waals surface area contributed by atoms with Gasteiger partial charge in [-0.1, -0.05) is 68.4 Å². The Bertz CT molecular complexity index is 2410. The van der Waals surface area contributed by atoms with Gasteiger partial charge in [0.15, 0.2) is 0 Å². The number of thiophene rings is 2. The zero-order valence-electron chi connectivity index (χ0n) is 24.5. The molecule has 4 nitrogen and oxygen atoms in total. The summed E-state index contributed by atoms with van der Waals surface area (Å²) in [5.74, 6) is -1.21. The van der Waals surface area contributed by atoms with Crippen molar-refractivity contribution in [2.24, 2.45) is 0 Å². The molecule has 4 aromatic carbocycles. The number of nitrogens with zero attached hydrogens (tertiary/aromatic N) is 2. The van der Waals surface area contributed by atoms with E-state index in [0.717, 1.165) is 30.8 Å². The van der Waals surface area contributed by atoms with Crippen LogP contribution in [0.25, 0.3) is 64.9 Å². The lowest BCUT2D eigenvalue weighted by Crippen LogP contribution is -2.15. The standard InChI is InChI=1S/C39H26N2O2S2/c1-39(2)31-9-5-3-7-27(31)28-14-12-25(21-32(28)39)41-33-10-6-4-8-29(33)30-20-23(11-15-34(30)41)35-17-18-37(45-35)36-16-13-26(44-36)19-24(22-40)38(42)43/h3-21H,1-2H3,(H,42,43)/b24-19+. The molecule has 7 aromatic rings. The average Bonchev–Trinajstić information content (AvgIpc) is 3.84. The van der Waals surface area contributed by atoms with Gasteiger partial charge in [0.25, 0.3) is 0 Å². The molecule has 1 aliphatic rings. The van der Waals surface area contributed by atoms with E-state index < -0.39 is 5.97 Å². The van der Waals surface area contributed by atoms with Gasteiger partial charge >= 0.3 is 5.97 Å². The monoisotopic (exact) mass is 618 g/mol. The van der Waals surface area contributed by atoms with Gasteiger partial charge in [-0.15, -0.1) is 22.7 Å². The fourth-order valence-corrected chi connectivity index (χ4v) is 8.75. The predicted octanol–water partition coefficient (Wildman–Crippen LogP) is 10.5. The molecule has 6 heteroatoms. The van der Waals surface area contributed by atoms with Crippen LogP contribution in [0, 0.1) is 11.3 Å². The van der Waals surface area contributed by atoms with Crippen LogP contribution >= 0.6 is 22.7 Å². The van der Waals surface area contributed by atoms with E-state index in [0.29, 0.717) is 0 Å². The van der Waals surface area contributed by atoms with Crippen molar-refractivity contribution in [1.82, 2.24) is 4.57 Å². The van der Waals surface area contributed by atoms with Gasteiger partial charge in [0.1, 0.15) is 11.6 Å². The van der Waals surface area contributed by atoms with Gasteiger partial charge in [0.05, 0.1) is 11.0 Å². The summed E-state index contributed by atoms with van der Waals surface area (Å²) in [5, 5.41) is 20.7. The summed E-state index contributed by atoms with van der Waals surface area (Å²) >= 11 is 3.19. The molecule has 0 amide bonds. The van der Waals surface area contributed by atoms with Gasteiger partial charge < -0.3 is 9.67 Å². The van der Waals surface area contributed by atoms with Crippen LogP contribution in [-0.2, 0) is 10.2 Å². The van der Waals surface area contributed by atoms with E-state index in [-0.39, 0.29) is 11.0 Å². The second-order valence-corrected chi connectivity index (χ2v) is 14.0. The number of benzene rings is 4. The number of hydrogen-bond acceptors (Lipinski definition) is 4. The number of aromatic nitrogens is 1. The molecule has 216 valence electrons. The lowest BCUT2D eigenvalue weighted by atomic mass is 9.82. The van der Waals surface area contributed by atoms with Crippen LogP contribution in [-0.4, -0.2) is 15.6 Å². The van der Waals surface area contributed by atoms with E-state index in [1.54, 1.807) is 17.4 Å². The lowest BCUT2D eigenvalue weighted by Gasteiger charge is -2.22. The van der Waals surface area contributed by atoms with E-state index in [9.17, 15) is 9.90 Å². The van der Waals surface area contributed by atoms with Crippen molar-refractivity contribution in [3.63, 3.8) is 0 Å². The zero-order valence-corrected chi connectivity index (χ0v) is 26.2. The number of para-hydroxylation sites is 1. The van der Waals surface area contributed by atoms with E-state index in [4.69, 9.17) is 5.26 Å². The minimum absolute atomic E-state index is 0.0708. The summed E-state index contributed by atoms with van der Waals surface area (Å²) in [5.41, 5.74) is 9.71. The Morgan fingerprint density at radius 2 is 1.47 bits per heavy atom. The molecule has 0 saturated heterocycles. The second kappa shape index (κ2) is 10.2. The van der Waals surface area contributed by atoms with Gasteiger partial charge in [-0.2, -0.15) is 5.26 Å².